The van der Waals surface area contributed by atoms with E-state index in [4.69, 9.17) is 4.84 Å². The van der Waals surface area contributed by atoms with Crippen LogP contribution in [0, 0.1) is 5.82 Å². The summed E-state index contributed by atoms with van der Waals surface area (Å²) in [5.41, 5.74) is 0.171. The number of amides is 2. The zero-order valence-electron chi connectivity index (χ0n) is 13.2. The quantitative estimate of drug-likeness (QED) is 0.765. The van der Waals surface area contributed by atoms with Gasteiger partial charge >= 0.3 is 5.97 Å². The number of halogens is 3. The second-order valence-electron chi connectivity index (χ2n) is 5.61. The van der Waals surface area contributed by atoms with Gasteiger partial charge in [0.2, 0.25) is 6.43 Å². The Bertz CT molecular complexity index is 832. The third kappa shape index (κ3) is 3.30. The van der Waals surface area contributed by atoms with Gasteiger partial charge in [-0.25, -0.2) is 18.0 Å². The van der Waals surface area contributed by atoms with E-state index in [-0.39, 0.29) is 21.8 Å². The van der Waals surface area contributed by atoms with Crippen LogP contribution in [-0.2, 0) is 9.63 Å². The van der Waals surface area contributed by atoms with Crippen LogP contribution in [-0.4, -0.2) is 29.3 Å². The summed E-state index contributed by atoms with van der Waals surface area (Å²) in [6.45, 7) is 0. The number of rotatable bonds is 5. The van der Waals surface area contributed by atoms with E-state index in [0.29, 0.717) is 0 Å². The number of fused-ring (bicyclic) bond motifs is 1. The molecule has 134 valence electrons. The lowest BCUT2D eigenvalue weighted by molar-refractivity contribution is -0.169. The molecule has 0 radical (unpaired) electrons. The molecule has 0 N–H and O–H groups in total. The summed E-state index contributed by atoms with van der Waals surface area (Å²) < 4.78 is 39.5. The van der Waals surface area contributed by atoms with Gasteiger partial charge in [-0.05, 0) is 29.8 Å². The third-order valence-corrected chi connectivity index (χ3v) is 3.94. The molecule has 0 saturated carbocycles. The molecule has 2 aromatic rings. The number of carbonyl (C=O) groups is 3. The fraction of sp³-hybridized carbons (Fsp3) is 0.167. The summed E-state index contributed by atoms with van der Waals surface area (Å²) in [5, 5.41) is 0.264. The Morgan fingerprint density at radius 2 is 1.50 bits per heavy atom. The average molecular weight is 363 g/mol. The Balaban J connectivity index is 1.73. The molecule has 0 spiro atoms. The predicted molar refractivity (Wildman–Crippen MR) is 82.8 cm³/mol. The van der Waals surface area contributed by atoms with Gasteiger partial charge in [0.15, 0.2) is 0 Å². The molecular formula is C18H12F3NO4. The lowest BCUT2D eigenvalue weighted by Crippen LogP contribution is -2.33. The molecule has 0 aliphatic carbocycles. The van der Waals surface area contributed by atoms with E-state index in [2.05, 4.69) is 0 Å². The van der Waals surface area contributed by atoms with E-state index in [9.17, 15) is 27.6 Å². The predicted octanol–water partition coefficient (Wildman–Crippen LogP) is 3.32. The second-order valence-corrected chi connectivity index (χ2v) is 5.61. The molecule has 0 aromatic heterocycles. The summed E-state index contributed by atoms with van der Waals surface area (Å²) in [5.74, 6) is -5.01. The summed E-state index contributed by atoms with van der Waals surface area (Å²) in [4.78, 5) is 41.0. The van der Waals surface area contributed by atoms with Crippen LogP contribution >= 0.6 is 0 Å². The van der Waals surface area contributed by atoms with E-state index in [0.717, 1.165) is 24.3 Å². The van der Waals surface area contributed by atoms with Gasteiger partial charge < -0.3 is 4.84 Å². The number of alkyl halides is 2. The summed E-state index contributed by atoms with van der Waals surface area (Å²) in [6, 6.07) is 10.1. The molecule has 8 heteroatoms. The highest BCUT2D eigenvalue weighted by molar-refractivity contribution is 6.20. The highest BCUT2D eigenvalue weighted by atomic mass is 19.3. The number of imide groups is 1. The standard InChI is InChI=1S/C18H12F3NO4/c19-11-7-5-10(6-8-11)14(16(20)21)9-15(23)26-22-17(24)12-3-1-2-4-13(12)18(22)25/h1-8,14,16H,9H2. The first-order valence-electron chi connectivity index (χ1n) is 7.60. The first-order valence-corrected chi connectivity index (χ1v) is 7.60. The number of carbonyl (C=O) groups excluding carboxylic acids is 3. The number of nitrogens with zero attached hydrogens (tertiary/aromatic N) is 1. The van der Waals surface area contributed by atoms with Crippen LogP contribution in [0.2, 0.25) is 0 Å². The zero-order valence-corrected chi connectivity index (χ0v) is 13.2. The molecule has 5 nitrogen and oxygen atoms in total. The van der Waals surface area contributed by atoms with Crippen molar-refractivity contribution in [1.82, 2.24) is 5.06 Å². The molecule has 1 atom stereocenters. The maximum atomic E-state index is 13.3. The minimum atomic E-state index is -2.92. The first kappa shape index (κ1) is 17.7. The highest BCUT2D eigenvalue weighted by Gasteiger charge is 2.39. The third-order valence-electron chi connectivity index (χ3n) is 3.94. The van der Waals surface area contributed by atoms with Crippen molar-refractivity contribution in [3.05, 3.63) is 71.0 Å². The number of hydrogen-bond acceptors (Lipinski definition) is 4. The van der Waals surface area contributed by atoms with Crippen LogP contribution in [0.3, 0.4) is 0 Å². The maximum Gasteiger partial charge on any atom is 0.334 e. The van der Waals surface area contributed by atoms with Gasteiger partial charge in [-0.2, -0.15) is 0 Å². The number of benzene rings is 2. The van der Waals surface area contributed by atoms with Crippen LogP contribution < -0.4 is 0 Å². The molecule has 2 amide bonds. The van der Waals surface area contributed by atoms with Gasteiger partial charge in [0.25, 0.3) is 11.8 Å². The Kier molecular flexibility index (Phi) is 4.75. The molecule has 0 fully saturated rings. The highest BCUT2D eigenvalue weighted by Crippen LogP contribution is 2.29. The van der Waals surface area contributed by atoms with Crippen LogP contribution in [0.15, 0.2) is 48.5 Å². The Labute approximate surface area is 145 Å². The minimum Gasteiger partial charge on any atom is -0.330 e. The molecule has 2 aromatic carbocycles. The van der Waals surface area contributed by atoms with Crippen molar-refractivity contribution in [1.29, 1.82) is 0 Å². The molecule has 1 aliphatic rings. The minimum absolute atomic E-state index is 0.0423. The SMILES string of the molecule is O=C(CC(c1ccc(F)cc1)C(F)F)ON1C(=O)c2ccccc2C1=O. The zero-order chi connectivity index (χ0) is 18.8. The van der Waals surface area contributed by atoms with Crippen LogP contribution in [0.1, 0.15) is 38.6 Å². The largest absolute Gasteiger partial charge is 0.334 e. The van der Waals surface area contributed by atoms with E-state index in [1.165, 1.54) is 24.3 Å². The first-order chi connectivity index (χ1) is 12.4. The van der Waals surface area contributed by atoms with Gasteiger partial charge in [0.1, 0.15) is 5.82 Å². The summed E-state index contributed by atoms with van der Waals surface area (Å²) >= 11 is 0. The molecule has 1 heterocycles. The summed E-state index contributed by atoms with van der Waals surface area (Å²) in [7, 11) is 0. The fourth-order valence-electron chi connectivity index (χ4n) is 2.63. The average Bonchev–Trinajstić information content (AvgIpc) is 2.86. The van der Waals surface area contributed by atoms with Crippen LogP contribution in [0.4, 0.5) is 13.2 Å². The van der Waals surface area contributed by atoms with Gasteiger partial charge in [-0.1, -0.05) is 29.3 Å². The molecular weight excluding hydrogens is 351 g/mol. The van der Waals surface area contributed by atoms with E-state index < -0.39 is 42.4 Å². The van der Waals surface area contributed by atoms with Crippen LogP contribution in [0.5, 0.6) is 0 Å². The normalized spacial score (nSPS) is 14.5. The van der Waals surface area contributed by atoms with Gasteiger partial charge in [0.05, 0.1) is 23.5 Å². The van der Waals surface area contributed by atoms with Crippen molar-refractivity contribution in [2.24, 2.45) is 0 Å². The van der Waals surface area contributed by atoms with E-state index >= 15 is 0 Å². The molecule has 1 aliphatic heterocycles. The van der Waals surface area contributed by atoms with E-state index in [1.807, 2.05) is 0 Å². The molecule has 3 rings (SSSR count). The number of hydrogen-bond donors (Lipinski definition) is 0. The van der Waals surface area contributed by atoms with Gasteiger partial charge in [-0.3, -0.25) is 9.59 Å². The number of hydroxylamine groups is 2. The van der Waals surface area contributed by atoms with Crippen molar-refractivity contribution >= 4 is 17.8 Å². The summed E-state index contributed by atoms with van der Waals surface area (Å²) in [6.07, 6.45) is -3.70. The Hall–Kier alpha value is -3.16. The van der Waals surface area contributed by atoms with Crippen molar-refractivity contribution < 1.29 is 32.4 Å². The lowest BCUT2D eigenvalue weighted by Gasteiger charge is -2.18. The second kappa shape index (κ2) is 6.99. The maximum absolute atomic E-state index is 13.3. The van der Waals surface area contributed by atoms with Crippen LogP contribution in [0.25, 0.3) is 0 Å². The monoisotopic (exact) mass is 363 g/mol. The molecule has 0 saturated heterocycles. The Morgan fingerprint density at radius 1 is 0.962 bits per heavy atom. The molecule has 1 unspecified atom stereocenters. The van der Waals surface area contributed by atoms with E-state index in [1.54, 1.807) is 0 Å². The van der Waals surface area contributed by atoms with Gasteiger partial charge in [-0.15, -0.1) is 0 Å². The lowest BCUT2D eigenvalue weighted by atomic mass is 9.96. The van der Waals surface area contributed by atoms with Crippen molar-refractivity contribution in [3.8, 4) is 0 Å². The molecule has 0 bridgehead atoms. The van der Waals surface area contributed by atoms with Gasteiger partial charge in [0, 0.05) is 0 Å². The van der Waals surface area contributed by atoms with Crippen molar-refractivity contribution in [2.75, 3.05) is 0 Å². The van der Waals surface area contributed by atoms with Crippen molar-refractivity contribution in [2.45, 2.75) is 18.8 Å². The molecule has 26 heavy (non-hydrogen) atoms. The smallest absolute Gasteiger partial charge is 0.330 e. The van der Waals surface area contributed by atoms with Crippen molar-refractivity contribution in [3.63, 3.8) is 0 Å². The topological polar surface area (TPSA) is 63.7 Å². The fourth-order valence-corrected chi connectivity index (χ4v) is 2.63. The Morgan fingerprint density at radius 3 is 2.00 bits per heavy atom.